The summed E-state index contributed by atoms with van der Waals surface area (Å²) in [4.78, 5) is 50.5. The number of nitrogens with zero attached hydrogens (tertiary/aromatic N) is 4. The number of likely N-dealkylation sites (N-methyl/N-ethyl adjacent to an activating group) is 1. The van der Waals surface area contributed by atoms with Crippen molar-refractivity contribution in [3.63, 3.8) is 0 Å². The molecule has 2 aromatic heterocycles. The lowest BCUT2D eigenvalue weighted by molar-refractivity contribution is -0.136. The molecule has 3 unspecified atom stereocenters. The van der Waals surface area contributed by atoms with Gasteiger partial charge < -0.3 is 20.1 Å². The summed E-state index contributed by atoms with van der Waals surface area (Å²) in [5.41, 5.74) is 1.79. The Hall–Kier alpha value is -4.08. The average molecular weight is 547 g/mol. The van der Waals surface area contributed by atoms with Gasteiger partial charge in [-0.15, -0.1) is 6.42 Å². The predicted octanol–water partition coefficient (Wildman–Crippen LogP) is 3.28. The minimum Gasteiger partial charge on any atom is -0.352 e. The lowest BCUT2D eigenvalue weighted by atomic mass is 10.1. The molecule has 3 atom stereocenters. The van der Waals surface area contributed by atoms with Crippen molar-refractivity contribution < 1.29 is 14.4 Å². The molecular formula is C29H31ClN6O3. The van der Waals surface area contributed by atoms with Gasteiger partial charge in [0.1, 0.15) is 23.4 Å². The molecule has 39 heavy (non-hydrogen) atoms. The highest BCUT2D eigenvalue weighted by Crippen LogP contribution is 2.36. The number of carbonyl (C=O) groups is 3. The zero-order chi connectivity index (χ0) is 28.1. The fraction of sp³-hybridized carbons (Fsp3) is 0.414. The van der Waals surface area contributed by atoms with E-state index in [1.54, 1.807) is 25.3 Å². The number of H-pyrrole nitrogens is 1. The molecule has 4 rings (SSSR count). The van der Waals surface area contributed by atoms with E-state index in [0.717, 1.165) is 23.9 Å². The summed E-state index contributed by atoms with van der Waals surface area (Å²) in [7, 11) is 1.62. The molecule has 1 saturated heterocycles. The molecule has 1 aliphatic carbocycles. The van der Waals surface area contributed by atoms with E-state index in [1.165, 1.54) is 15.9 Å². The standard InChI is InChI=1S/C29H31ClN6O3/c1-4-6-22(30)7-5-12-32-27(37)21-14-23(16-31)36(17-21)29(39)25(13-19-9-10-19)35(3)28(38)24-15-20-11-8-18(2)33-26(20)34-24/h1,5-8,11,15,19,21,23,25H,9-10,12-14,17H2,2-3H3,(H,32,37)(H,33,34)/b7-5-,22-6+. The molecule has 0 radical (unpaired) electrons. The van der Waals surface area contributed by atoms with Crippen LogP contribution in [0.1, 0.15) is 41.9 Å². The Morgan fingerprint density at radius 3 is 2.85 bits per heavy atom. The number of aryl methyl sites for hydroxylation is 1. The number of likely N-dealkylation sites (tertiary alicyclic amines) is 1. The highest BCUT2D eigenvalue weighted by molar-refractivity contribution is 6.31. The van der Waals surface area contributed by atoms with Crippen LogP contribution in [0.25, 0.3) is 11.0 Å². The topological polar surface area (TPSA) is 122 Å². The van der Waals surface area contributed by atoms with Gasteiger partial charge in [-0.2, -0.15) is 5.26 Å². The number of aromatic amines is 1. The third-order valence-corrected chi connectivity index (χ3v) is 7.41. The molecule has 1 aliphatic heterocycles. The van der Waals surface area contributed by atoms with Crippen LogP contribution in [0.3, 0.4) is 0 Å². The molecule has 3 heterocycles. The number of hydrogen-bond acceptors (Lipinski definition) is 5. The number of nitriles is 1. The number of terminal acetylenes is 1. The first-order chi connectivity index (χ1) is 18.7. The summed E-state index contributed by atoms with van der Waals surface area (Å²) in [6, 6.07) is 6.18. The summed E-state index contributed by atoms with van der Waals surface area (Å²) in [5, 5.41) is 13.8. The van der Waals surface area contributed by atoms with Gasteiger partial charge in [-0.05, 0) is 50.0 Å². The van der Waals surface area contributed by atoms with E-state index in [9.17, 15) is 19.6 Å². The highest BCUT2D eigenvalue weighted by Gasteiger charge is 2.44. The number of fused-ring (bicyclic) bond motifs is 1. The summed E-state index contributed by atoms with van der Waals surface area (Å²) < 4.78 is 0. The first-order valence-corrected chi connectivity index (χ1v) is 13.3. The van der Waals surface area contributed by atoms with E-state index in [0.29, 0.717) is 28.7 Å². The molecule has 9 nitrogen and oxygen atoms in total. The SMILES string of the molecule is C#C/C=C(Cl)\C=C/CNC(=O)C1CC(C#N)N(C(=O)C(CC2CC2)N(C)C(=O)c2cc3ccc(C)nc3[nH]2)C1. The fourth-order valence-corrected chi connectivity index (χ4v) is 4.98. The number of amides is 3. The molecule has 2 N–H and O–H groups in total. The maximum absolute atomic E-state index is 13.8. The van der Waals surface area contributed by atoms with Crippen molar-refractivity contribution in [1.82, 2.24) is 25.1 Å². The number of pyridine rings is 1. The largest absolute Gasteiger partial charge is 0.352 e. The Morgan fingerprint density at radius 1 is 1.38 bits per heavy atom. The van der Waals surface area contributed by atoms with Crippen LogP contribution in [-0.2, 0) is 9.59 Å². The van der Waals surface area contributed by atoms with E-state index >= 15 is 0 Å². The summed E-state index contributed by atoms with van der Waals surface area (Å²) in [6.07, 6.45) is 12.6. The quantitative estimate of drug-likeness (QED) is 0.369. The minimum atomic E-state index is -0.748. The molecule has 2 fully saturated rings. The van der Waals surface area contributed by atoms with Crippen LogP contribution in [0.2, 0.25) is 0 Å². The number of nitrogens with one attached hydrogen (secondary N) is 2. The zero-order valence-corrected chi connectivity index (χ0v) is 22.7. The second-order valence-corrected chi connectivity index (χ2v) is 10.5. The van der Waals surface area contributed by atoms with E-state index in [4.69, 9.17) is 18.0 Å². The monoisotopic (exact) mass is 546 g/mol. The van der Waals surface area contributed by atoms with Gasteiger partial charge in [-0.3, -0.25) is 14.4 Å². The summed E-state index contributed by atoms with van der Waals surface area (Å²) in [5.74, 6) is 1.25. The number of rotatable bonds is 9. The van der Waals surface area contributed by atoms with E-state index < -0.39 is 18.0 Å². The van der Waals surface area contributed by atoms with Crippen molar-refractivity contribution in [2.24, 2.45) is 11.8 Å². The van der Waals surface area contributed by atoms with Gasteiger partial charge in [0.15, 0.2) is 0 Å². The molecule has 1 saturated carbocycles. The van der Waals surface area contributed by atoms with Gasteiger partial charge in [-0.1, -0.05) is 36.4 Å². The van der Waals surface area contributed by atoms with Gasteiger partial charge in [0.25, 0.3) is 5.91 Å². The zero-order valence-electron chi connectivity index (χ0n) is 22.0. The second-order valence-electron chi connectivity index (χ2n) is 10.1. The highest BCUT2D eigenvalue weighted by atomic mass is 35.5. The lowest BCUT2D eigenvalue weighted by Crippen LogP contribution is -2.51. The van der Waals surface area contributed by atoms with E-state index in [-0.39, 0.29) is 37.2 Å². The van der Waals surface area contributed by atoms with E-state index in [1.807, 2.05) is 19.1 Å². The second kappa shape index (κ2) is 12.2. The minimum absolute atomic E-state index is 0.114. The Labute approximate surface area is 232 Å². The first-order valence-electron chi connectivity index (χ1n) is 12.9. The molecule has 2 aliphatic rings. The third kappa shape index (κ3) is 6.68. The predicted molar refractivity (Wildman–Crippen MR) is 148 cm³/mol. The molecule has 3 amide bonds. The normalized spacial score (nSPS) is 20.0. The van der Waals surface area contributed by atoms with Gasteiger partial charge in [0.05, 0.1) is 12.0 Å². The van der Waals surface area contributed by atoms with Gasteiger partial charge in [0.2, 0.25) is 11.8 Å². The molecule has 202 valence electrons. The smallest absolute Gasteiger partial charge is 0.270 e. The molecular weight excluding hydrogens is 516 g/mol. The Kier molecular flexibility index (Phi) is 8.73. The Morgan fingerprint density at radius 2 is 2.15 bits per heavy atom. The van der Waals surface area contributed by atoms with Crippen LogP contribution in [0.4, 0.5) is 0 Å². The number of hydrogen-bond donors (Lipinski definition) is 2. The Balaban J connectivity index is 1.46. The van der Waals surface area contributed by atoms with E-state index in [2.05, 4.69) is 27.3 Å². The maximum atomic E-state index is 13.8. The molecule has 2 aromatic rings. The van der Waals surface area contributed by atoms with Crippen molar-refractivity contribution in [3.8, 4) is 18.4 Å². The molecule has 0 aromatic carbocycles. The average Bonchev–Trinajstić information content (AvgIpc) is 3.47. The van der Waals surface area contributed by atoms with Crippen LogP contribution in [0.5, 0.6) is 0 Å². The molecule has 10 heteroatoms. The number of halogens is 1. The van der Waals surface area contributed by atoms with Crippen LogP contribution >= 0.6 is 11.6 Å². The summed E-state index contributed by atoms with van der Waals surface area (Å²) >= 11 is 5.90. The van der Waals surface area contributed by atoms with Crippen LogP contribution in [0, 0.1) is 42.4 Å². The van der Waals surface area contributed by atoms with Crippen molar-refractivity contribution in [2.45, 2.75) is 44.7 Å². The van der Waals surface area contributed by atoms with Crippen LogP contribution in [0.15, 0.2) is 41.5 Å². The first kappa shape index (κ1) is 27.9. The van der Waals surface area contributed by atoms with Gasteiger partial charge in [0, 0.05) is 42.3 Å². The molecule has 0 bridgehead atoms. The van der Waals surface area contributed by atoms with Crippen LogP contribution in [-0.4, -0.2) is 69.7 Å². The third-order valence-electron chi connectivity index (χ3n) is 7.17. The number of aromatic nitrogens is 2. The Bertz CT molecular complexity index is 1410. The molecule has 0 spiro atoms. The van der Waals surface area contributed by atoms with Gasteiger partial charge in [-0.25, -0.2) is 4.98 Å². The summed E-state index contributed by atoms with van der Waals surface area (Å²) in [6.45, 7) is 2.22. The van der Waals surface area contributed by atoms with Gasteiger partial charge >= 0.3 is 0 Å². The van der Waals surface area contributed by atoms with Crippen LogP contribution < -0.4 is 5.32 Å². The number of carbonyl (C=O) groups excluding carboxylic acids is 3. The van der Waals surface area contributed by atoms with Crippen molar-refractivity contribution in [2.75, 3.05) is 20.1 Å². The lowest BCUT2D eigenvalue weighted by Gasteiger charge is -2.32. The number of allylic oxidation sites excluding steroid dienone is 3. The van der Waals surface area contributed by atoms with Crippen molar-refractivity contribution in [3.05, 3.63) is 52.8 Å². The van der Waals surface area contributed by atoms with Crippen molar-refractivity contribution in [1.29, 1.82) is 5.26 Å². The fourth-order valence-electron chi connectivity index (χ4n) is 4.83. The van der Waals surface area contributed by atoms with Crippen molar-refractivity contribution >= 4 is 40.4 Å². The maximum Gasteiger partial charge on any atom is 0.270 e.